The smallest absolute Gasteiger partial charge is 0.258 e. The molecule has 104 valence electrons. The molecule has 0 aliphatic heterocycles. The Morgan fingerprint density at radius 1 is 1.53 bits per heavy atom. The van der Waals surface area contributed by atoms with Crippen LogP contribution < -0.4 is 5.73 Å². The number of hydrogen-bond acceptors (Lipinski definition) is 4. The number of aromatic hydroxyl groups is 1. The monoisotopic (exact) mass is 329 g/mol. The first-order valence-electron chi connectivity index (χ1n) is 5.73. The lowest BCUT2D eigenvalue weighted by atomic mass is 10.1. The van der Waals surface area contributed by atoms with Crippen LogP contribution in [-0.2, 0) is 0 Å². The molecule has 1 rings (SSSR count). The average molecular weight is 330 g/mol. The van der Waals surface area contributed by atoms with E-state index in [4.69, 9.17) is 10.9 Å². The van der Waals surface area contributed by atoms with E-state index in [2.05, 4.69) is 21.1 Å². The molecule has 7 heteroatoms. The predicted molar refractivity (Wildman–Crippen MR) is 75.4 cm³/mol. The molecule has 0 aromatic heterocycles. The molecule has 0 unspecified atom stereocenters. The largest absolute Gasteiger partial charge is 0.507 e. The normalized spacial score (nSPS) is 11.4. The molecule has 0 heterocycles. The van der Waals surface area contributed by atoms with Crippen molar-refractivity contribution in [2.45, 2.75) is 13.3 Å². The van der Waals surface area contributed by atoms with E-state index in [9.17, 15) is 9.90 Å². The number of hydrogen-bond donors (Lipinski definition) is 3. The highest BCUT2D eigenvalue weighted by atomic mass is 79.9. The lowest BCUT2D eigenvalue weighted by Crippen LogP contribution is -2.39. The van der Waals surface area contributed by atoms with E-state index in [0.717, 1.165) is 6.42 Å². The van der Waals surface area contributed by atoms with E-state index in [1.54, 1.807) is 6.07 Å². The van der Waals surface area contributed by atoms with Crippen molar-refractivity contribution >= 4 is 27.7 Å². The third-order valence-corrected chi connectivity index (χ3v) is 2.95. The molecule has 0 atom stereocenters. The number of oxime groups is 1. The molecule has 0 radical (unpaired) electrons. The topological polar surface area (TPSA) is 99.1 Å². The quantitative estimate of drug-likeness (QED) is 0.331. The summed E-state index contributed by atoms with van der Waals surface area (Å²) in [6.07, 6.45) is 0.724. The molecule has 1 amide bonds. The van der Waals surface area contributed by atoms with Gasteiger partial charge in [-0.3, -0.25) is 4.79 Å². The Labute approximate surface area is 119 Å². The van der Waals surface area contributed by atoms with E-state index >= 15 is 0 Å². The van der Waals surface area contributed by atoms with Crippen molar-refractivity contribution in [2.24, 2.45) is 10.9 Å². The van der Waals surface area contributed by atoms with Crippen LogP contribution in [0.1, 0.15) is 23.7 Å². The lowest BCUT2D eigenvalue weighted by molar-refractivity contribution is 0.0775. The third kappa shape index (κ3) is 4.13. The van der Waals surface area contributed by atoms with E-state index in [1.807, 2.05) is 6.92 Å². The maximum Gasteiger partial charge on any atom is 0.258 e. The Kier molecular flexibility index (Phi) is 5.62. The summed E-state index contributed by atoms with van der Waals surface area (Å²) >= 11 is 3.21. The zero-order valence-corrected chi connectivity index (χ0v) is 12.1. The Bertz CT molecular complexity index is 491. The van der Waals surface area contributed by atoms with Crippen LogP contribution in [0, 0.1) is 0 Å². The maximum atomic E-state index is 12.3. The summed E-state index contributed by atoms with van der Waals surface area (Å²) in [4.78, 5) is 13.7. The van der Waals surface area contributed by atoms with E-state index < -0.39 is 0 Å². The van der Waals surface area contributed by atoms with E-state index in [0.29, 0.717) is 11.0 Å². The molecular weight excluding hydrogens is 314 g/mol. The minimum atomic E-state index is -0.363. The average Bonchev–Trinajstić information content (AvgIpc) is 2.37. The third-order valence-electron chi connectivity index (χ3n) is 2.45. The number of nitrogens with two attached hydrogens (primary N) is 1. The van der Waals surface area contributed by atoms with Gasteiger partial charge in [-0.1, -0.05) is 28.0 Å². The molecule has 4 N–H and O–H groups in total. The van der Waals surface area contributed by atoms with Gasteiger partial charge in [-0.25, -0.2) is 0 Å². The van der Waals surface area contributed by atoms with Crippen molar-refractivity contribution in [1.82, 2.24) is 4.90 Å². The highest BCUT2D eigenvalue weighted by molar-refractivity contribution is 9.10. The van der Waals surface area contributed by atoms with Crippen molar-refractivity contribution < 1.29 is 15.1 Å². The first kappa shape index (κ1) is 15.3. The van der Waals surface area contributed by atoms with Crippen LogP contribution in [0.5, 0.6) is 5.75 Å². The molecular formula is C12H16BrN3O3. The summed E-state index contributed by atoms with van der Waals surface area (Å²) < 4.78 is 0.681. The van der Waals surface area contributed by atoms with Gasteiger partial charge >= 0.3 is 0 Å². The fourth-order valence-corrected chi connectivity index (χ4v) is 1.95. The van der Waals surface area contributed by atoms with Crippen LogP contribution in [0.15, 0.2) is 27.8 Å². The first-order chi connectivity index (χ1) is 8.99. The highest BCUT2D eigenvalue weighted by Crippen LogP contribution is 2.23. The van der Waals surface area contributed by atoms with Crippen LogP contribution in [0.2, 0.25) is 0 Å². The fourth-order valence-electron chi connectivity index (χ4n) is 1.61. The summed E-state index contributed by atoms with van der Waals surface area (Å²) in [5, 5.41) is 21.2. The van der Waals surface area contributed by atoms with Crippen molar-refractivity contribution in [3.05, 3.63) is 28.2 Å². The molecule has 0 fully saturated rings. The second kappa shape index (κ2) is 6.98. The number of amides is 1. The van der Waals surface area contributed by atoms with Crippen molar-refractivity contribution in [2.75, 3.05) is 13.1 Å². The first-order valence-corrected chi connectivity index (χ1v) is 6.53. The number of amidine groups is 1. The number of rotatable bonds is 5. The van der Waals surface area contributed by atoms with Crippen molar-refractivity contribution in [1.29, 1.82) is 0 Å². The summed E-state index contributed by atoms with van der Waals surface area (Å²) in [6, 6.07) is 4.64. The second-order valence-corrected chi connectivity index (χ2v) is 4.90. The van der Waals surface area contributed by atoms with Gasteiger partial charge in [-0.05, 0) is 24.6 Å². The molecule has 0 spiro atoms. The Balaban J connectivity index is 2.98. The van der Waals surface area contributed by atoms with Gasteiger partial charge in [0.05, 0.1) is 12.1 Å². The van der Waals surface area contributed by atoms with Gasteiger partial charge in [0.2, 0.25) is 0 Å². The van der Waals surface area contributed by atoms with Crippen LogP contribution in [0.25, 0.3) is 0 Å². The zero-order chi connectivity index (χ0) is 14.4. The van der Waals surface area contributed by atoms with Gasteiger partial charge in [0, 0.05) is 11.0 Å². The SMILES string of the molecule is CCCN(CC(N)=NO)C(=O)c1ccc(Br)cc1O. The number of halogens is 1. The molecule has 0 bridgehead atoms. The minimum Gasteiger partial charge on any atom is -0.507 e. The van der Waals surface area contributed by atoms with E-state index in [1.165, 1.54) is 17.0 Å². The molecule has 0 saturated heterocycles. The summed E-state index contributed by atoms with van der Waals surface area (Å²) in [7, 11) is 0. The Morgan fingerprint density at radius 3 is 2.74 bits per heavy atom. The number of nitrogens with zero attached hydrogens (tertiary/aromatic N) is 2. The summed E-state index contributed by atoms with van der Waals surface area (Å²) in [5.74, 6) is -0.531. The van der Waals surface area contributed by atoms with Crippen LogP contribution in [0.4, 0.5) is 0 Å². The summed E-state index contributed by atoms with van der Waals surface area (Å²) in [6.45, 7) is 2.37. The maximum absolute atomic E-state index is 12.3. The molecule has 6 nitrogen and oxygen atoms in total. The lowest BCUT2D eigenvalue weighted by Gasteiger charge is -2.21. The van der Waals surface area contributed by atoms with Crippen LogP contribution in [-0.4, -0.2) is 40.0 Å². The summed E-state index contributed by atoms with van der Waals surface area (Å²) in [5.41, 5.74) is 5.60. The minimum absolute atomic E-state index is 0.0126. The van der Waals surface area contributed by atoms with Crippen LogP contribution in [0.3, 0.4) is 0 Å². The van der Waals surface area contributed by atoms with Gasteiger partial charge in [0.25, 0.3) is 5.91 Å². The van der Waals surface area contributed by atoms with Gasteiger partial charge < -0.3 is 20.9 Å². The second-order valence-electron chi connectivity index (χ2n) is 3.98. The number of phenolic OH excluding ortho intramolecular Hbond substituents is 1. The number of benzene rings is 1. The molecule has 1 aromatic rings. The number of carbonyl (C=O) groups is 1. The fraction of sp³-hybridized carbons (Fsp3) is 0.333. The van der Waals surface area contributed by atoms with Crippen molar-refractivity contribution in [3.63, 3.8) is 0 Å². The predicted octanol–water partition coefficient (Wildman–Crippen LogP) is 1.75. The van der Waals surface area contributed by atoms with Gasteiger partial charge in [0.1, 0.15) is 5.75 Å². The van der Waals surface area contributed by atoms with Gasteiger partial charge in [-0.15, -0.1) is 0 Å². The van der Waals surface area contributed by atoms with Crippen molar-refractivity contribution in [3.8, 4) is 5.75 Å². The van der Waals surface area contributed by atoms with Gasteiger partial charge in [0.15, 0.2) is 5.84 Å². The molecule has 0 aliphatic carbocycles. The Morgan fingerprint density at radius 2 is 2.21 bits per heavy atom. The highest BCUT2D eigenvalue weighted by Gasteiger charge is 2.19. The molecule has 0 saturated carbocycles. The molecule has 19 heavy (non-hydrogen) atoms. The molecule has 1 aromatic carbocycles. The zero-order valence-electron chi connectivity index (χ0n) is 10.5. The van der Waals surface area contributed by atoms with E-state index in [-0.39, 0.29) is 29.6 Å². The Hall–Kier alpha value is -1.76. The number of phenols is 1. The van der Waals surface area contributed by atoms with Crippen LogP contribution >= 0.6 is 15.9 Å². The standard InChI is InChI=1S/C12H16BrN3O3/c1-2-5-16(7-11(14)15-19)12(18)9-4-3-8(13)6-10(9)17/h3-4,6,17,19H,2,5,7H2,1H3,(H2,14,15). The number of carbonyl (C=O) groups excluding carboxylic acids is 1. The van der Waals surface area contributed by atoms with Gasteiger partial charge in [-0.2, -0.15) is 0 Å². The molecule has 0 aliphatic rings.